The number of carbonyl (C=O) groups excluding carboxylic acids is 1. The maximum atomic E-state index is 11.5. The number of carbonyl (C=O) groups is 1. The molecule has 0 saturated carbocycles. The highest BCUT2D eigenvalue weighted by atomic mass is 127. The van der Waals surface area contributed by atoms with Crippen molar-refractivity contribution in [3.63, 3.8) is 0 Å². The van der Waals surface area contributed by atoms with Crippen molar-refractivity contribution < 1.29 is 14.6 Å². The van der Waals surface area contributed by atoms with Gasteiger partial charge in [0.05, 0.1) is 0 Å². The molecule has 106 valence electrons. The molecule has 0 aliphatic heterocycles. The van der Waals surface area contributed by atoms with Crippen LogP contribution in [-0.2, 0) is 11.2 Å². The maximum Gasteiger partial charge on any atom is 0.407 e. The van der Waals surface area contributed by atoms with Crippen LogP contribution in [0, 0.1) is 7.14 Å². The van der Waals surface area contributed by atoms with E-state index in [2.05, 4.69) is 50.5 Å². The summed E-state index contributed by atoms with van der Waals surface area (Å²) in [5.74, 6) is 0.262. The first kappa shape index (κ1) is 16.8. The minimum Gasteiger partial charge on any atom is -0.508 e. The lowest BCUT2D eigenvalue weighted by molar-refractivity contribution is 0.0528. The van der Waals surface area contributed by atoms with Crippen molar-refractivity contribution in [3.8, 4) is 5.75 Å². The van der Waals surface area contributed by atoms with Gasteiger partial charge in [0.2, 0.25) is 0 Å². The van der Waals surface area contributed by atoms with E-state index in [0.29, 0.717) is 13.0 Å². The standard InChI is InChI=1S/C13H17I2NO3/c1-13(2,3)19-12(18)16-5-4-9-10(14)6-8(17)7-11(9)15/h6-7,17H,4-5H2,1-3H3,(H,16,18). The van der Waals surface area contributed by atoms with E-state index in [-0.39, 0.29) is 5.75 Å². The number of phenolic OH excluding ortho intramolecular Hbond substituents is 1. The summed E-state index contributed by atoms with van der Waals surface area (Å²) in [5, 5.41) is 12.2. The Morgan fingerprint density at radius 1 is 1.32 bits per heavy atom. The SMILES string of the molecule is CC(C)(C)OC(=O)NCCc1c(I)cc(O)cc1I. The molecule has 0 aliphatic rings. The van der Waals surface area contributed by atoms with E-state index in [1.807, 2.05) is 20.8 Å². The average molecular weight is 489 g/mol. The first-order chi connectivity index (χ1) is 8.69. The molecule has 2 N–H and O–H groups in total. The van der Waals surface area contributed by atoms with Crippen LogP contribution in [0.25, 0.3) is 0 Å². The normalized spacial score (nSPS) is 11.2. The summed E-state index contributed by atoms with van der Waals surface area (Å²) in [6, 6.07) is 3.43. The Bertz CT molecular complexity index is 446. The minimum atomic E-state index is -0.481. The lowest BCUT2D eigenvalue weighted by Gasteiger charge is -2.19. The van der Waals surface area contributed by atoms with Crippen molar-refractivity contribution in [2.24, 2.45) is 0 Å². The van der Waals surface area contributed by atoms with E-state index >= 15 is 0 Å². The number of hydrogen-bond donors (Lipinski definition) is 2. The molecule has 0 aromatic heterocycles. The highest BCUT2D eigenvalue weighted by Crippen LogP contribution is 2.25. The molecule has 1 amide bonds. The summed E-state index contributed by atoms with van der Waals surface area (Å²) in [4.78, 5) is 11.5. The van der Waals surface area contributed by atoms with Gasteiger partial charge >= 0.3 is 6.09 Å². The molecule has 1 aromatic carbocycles. The Morgan fingerprint density at radius 3 is 2.32 bits per heavy atom. The van der Waals surface area contributed by atoms with Crippen LogP contribution in [0.4, 0.5) is 4.79 Å². The Hall–Kier alpha value is -0.250. The third-order valence-electron chi connectivity index (χ3n) is 2.17. The van der Waals surface area contributed by atoms with Gasteiger partial charge in [-0.15, -0.1) is 0 Å². The van der Waals surface area contributed by atoms with Crippen LogP contribution < -0.4 is 5.32 Å². The Labute approximate surface area is 140 Å². The monoisotopic (exact) mass is 489 g/mol. The summed E-state index contributed by atoms with van der Waals surface area (Å²) >= 11 is 4.36. The Morgan fingerprint density at radius 2 is 1.84 bits per heavy atom. The van der Waals surface area contributed by atoms with E-state index in [4.69, 9.17) is 4.74 Å². The quantitative estimate of drug-likeness (QED) is 0.638. The van der Waals surface area contributed by atoms with Crippen molar-refractivity contribution in [3.05, 3.63) is 24.8 Å². The summed E-state index contributed by atoms with van der Waals surface area (Å²) in [5.41, 5.74) is 0.640. The van der Waals surface area contributed by atoms with E-state index in [1.165, 1.54) is 0 Å². The number of phenols is 1. The zero-order valence-electron chi connectivity index (χ0n) is 11.1. The second kappa shape index (κ2) is 6.96. The molecular formula is C13H17I2NO3. The van der Waals surface area contributed by atoms with Gasteiger partial charge in [0.25, 0.3) is 0 Å². The predicted molar refractivity (Wildman–Crippen MR) is 91.5 cm³/mol. The molecule has 0 atom stereocenters. The number of nitrogens with one attached hydrogen (secondary N) is 1. The Balaban J connectivity index is 2.52. The van der Waals surface area contributed by atoms with Gasteiger partial charge < -0.3 is 15.2 Å². The lowest BCUT2D eigenvalue weighted by Crippen LogP contribution is -2.33. The average Bonchev–Trinajstić information content (AvgIpc) is 2.19. The molecule has 19 heavy (non-hydrogen) atoms. The molecule has 4 nitrogen and oxygen atoms in total. The van der Waals surface area contributed by atoms with E-state index in [0.717, 1.165) is 12.7 Å². The van der Waals surface area contributed by atoms with E-state index < -0.39 is 11.7 Å². The van der Waals surface area contributed by atoms with Crippen LogP contribution >= 0.6 is 45.2 Å². The van der Waals surface area contributed by atoms with Crippen molar-refractivity contribution in [1.29, 1.82) is 0 Å². The predicted octanol–water partition coefficient (Wildman–Crippen LogP) is 3.67. The summed E-state index contributed by atoms with van der Waals surface area (Å²) < 4.78 is 7.15. The van der Waals surface area contributed by atoms with Gasteiger partial charge in [-0.3, -0.25) is 0 Å². The number of aromatic hydroxyl groups is 1. The number of hydrogen-bond acceptors (Lipinski definition) is 3. The molecule has 0 bridgehead atoms. The summed E-state index contributed by atoms with van der Waals surface area (Å²) in [7, 11) is 0. The van der Waals surface area contributed by atoms with Gasteiger partial charge in [-0.2, -0.15) is 0 Å². The maximum absolute atomic E-state index is 11.5. The van der Waals surface area contributed by atoms with Gasteiger partial charge in [0.1, 0.15) is 11.4 Å². The van der Waals surface area contributed by atoms with Crippen LogP contribution in [0.15, 0.2) is 12.1 Å². The number of alkyl carbamates (subject to hydrolysis) is 1. The fourth-order valence-corrected chi connectivity index (χ4v) is 3.71. The molecule has 0 unspecified atom stereocenters. The fraction of sp³-hybridized carbons (Fsp3) is 0.462. The lowest BCUT2D eigenvalue weighted by atomic mass is 10.1. The second-order valence-corrected chi connectivity index (χ2v) is 7.39. The van der Waals surface area contributed by atoms with Crippen molar-refractivity contribution in [1.82, 2.24) is 5.32 Å². The van der Waals surface area contributed by atoms with Crippen LogP contribution in [-0.4, -0.2) is 23.3 Å². The molecule has 1 rings (SSSR count). The number of rotatable bonds is 3. The van der Waals surface area contributed by atoms with Gasteiger partial charge in [-0.05, 0) is 90.1 Å². The molecule has 0 aliphatic carbocycles. The smallest absolute Gasteiger partial charge is 0.407 e. The topological polar surface area (TPSA) is 58.6 Å². The zero-order chi connectivity index (χ0) is 14.6. The van der Waals surface area contributed by atoms with Crippen molar-refractivity contribution in [2.45, 2.75) is 32.8 Å². The van der Waals surface area contributed by atoms with Crippen LogP contribution in [0.3, 0.4) is 0 Å². The van der Waals surface area contributed by atoms with Crippen molar-refractivity contribution >= 4 is 51.3 Å². The van der Waals surface area contributed by atoms with Crippen molar-refractivity contribution in [2.75, 3.05) is 6.54 Å². The van der Waals surface area contributed by atoms with Gasteiger partial charge in [0.15, 0.2) is 0 Å². The molecule has 6 heteroatoms. The second-order valence-electron chi connectivity index (χ2n) is 5.07. The molecule has 0 fully saturated rings. The third kappa shape index (κ3) is 6.15. The largest absolute Gasteiger partial charge is 0.508 e. The first-order valence-corrected chi connectivity index (χ1v) is 7.98. The molecule has 0 saturated heterocycles. The first-order valence-electron chi connectivity index (χ1n) is 5.83. The van der Waals surface area contributed by atoms with Gasteiger partial charge in [0, 0.05) is 13.7 Å². The number of halogens is 2. The Kier molecular flexibility index (Phi) is 6.15. The van der Waals surface area contributed by atoms with Gasteiger partial charge in [-0.1, -0.05) is 0 Å². The van der Waals surface area contributed by atoms with E-state index in [9.17, 15) is 9.90 Å². The van der Waals surface area contributed by atoms with Crippen LogP contribution in [0.5, 0.6) is 5.75 Å². The number of amides is 1. The minimum absolute atomic E-state index is 0.262. The van der Waals surface area contributed by atoms with Crippen LogP contribution in [0.1, 0.15) is 26.3 Å². The fourth-order valence-electron chi connectivity index (χ4n) is 1.43. The van der Waals surface area contributed by atoms with E-state index in [1.54, 1.807) is 12.1 Å². The number of ether oxygens (including phenoxy) is 1. The molecule has 0 spiro atoms. The zero-order valence-corrected chi connectivity index (χ0v) is 15.4. The third-order valence-corrected chi connectivity index (χ3v) is 4.09. The molecule has 1 aromatic rings. The van der Waals surface area contributed by atoms with Crippen LogP contribution in [0.2, 0.25) is 0 Å². The van der Waals surface area contributed by atoms with Gasteiger partial charge in [-0.25, -0.2) is 4.79 Å². The molecular weight excluding hydrogens is 472 g/mol. The summed E-state index contributed by atoms with van der Waals surface area (Å²) in [6.45, 7) is 6.00. The highest BCUT2D eigenvalue weighted by Gasteiger charge is 2.16. The summed E-state index contributed by atoms with van der Waals surface area (Å²) in [6.07, 6.45) is 0.298. The molecule has 0 heterocycles. The highest BCUT2D eigenvalue weighted by molar-refractivity contribution is 14.1. The molecule has 0 radical (unpaired) electrons. The number of benzene rings is 1.